The lowest BCUT2D eigenvalue weighted by Crippen LogP contribution is -2.40. The number of nitrogens with zero attached hydrogens (tertiary/aromatic N) is 1. The molecule has 2 unspecified atom stereocenters. The summed E-state index contributed by atoms with van der Waals surface area (Å²) in [6.45, 7) is 4.62. The predicted molar refractivity (Wildman–Crippen MR) is 308 cm³/mol. The molecule has 9 nitrogen and oxygen atoms in total. The van der Waals surface area contributed by atoms with Crippen molar-refractivity contribution in [3.63, 3.8) is 0 Å². The lowest BCUT2D eigenvalue weighted by atomic mass is 10.1. The number of carboxylic acid groups (broad SMARTS) is 1. The van der Waals surface area contributed by atoms with Gasteiger partial charge in [-0.25, -0.2) is 4.79 Å². The molecule has 0 spiro atoms. The minimum atomic E-state index is -1.52. The number of hydrogen-bond acceptors (Lipinski definition) is 7. The zero-order valence-electron chi connectivity index (χ0n) is 47.0. The second-order valence-electron chi connectivity index (χ2n) is 19.8. The van der Waals surface area contributed by atoms with Crippen molar-refractivity contribution in [2.75, 3.05) is 47.5 Å². The van der Waals surface area contributed by atoms with Crippen LogP contribution in [0.15, 0.2) is 122 Å². The topological polar surface area (TPSA) is 108 Å². The smallest absolute Gasteiger partial charge is 0.361 e. The number of aliphatic carboxylic acids is 1. The minimum Gasteiger partial charge on any atom is -0.477 e. The minimum absolute atomic E-state index is 0.177. The van der Waals surface area contributed by atoms with E-state index < -0.39 is 24.3 Å². The zero-order valence-corrected chi connectivity index (χ0v) is 47.0. The first-order chi connectivity index (χ1) is 35.6. The molecule has 9 heteroatoms. The molecular weight excluding hydrogens is 911 g/mol. The van der Waals surface area contributed by atoms with E-state index in [1.807, 2.05) is 21.1 Å². The van der Waals surface area contributed by atoms with E-state index in [9.17, 15) is 19.5 Å². The fourth-order valence-corrected chi connectivity index (χ4v) is 7.36. The Labute approximate surface area is 447 Å². The van der Waals surface area contributed by atoms with E-state index >= 15 is 0 Å². The Bertz CT molecular complexity index is 1610. The van der Waals surface area contributed by atoms with Crippen molar-refractivity contribution in [3.05, 3.63) is 122 Å². The number of rotatable bonds is 51. The van der Waals surface area contributed by atoms with Crippen LogP contribution in [-0.2, 0) is 33.3 Å². The monoisotopic (exact) mass is 1020 g/mol. The van der Waals surface area contributed by atoms with Gasteiger partial charge < -0.3 is 28.5 Å². The molecule has 0 aliphatic rings. The standard InChI is InChI=1S/C64H105NO8/c1-6-8-10-12-14-16-18-20-22-24-26-28-29-30-31-32-33-35-37-39-41-43-45-47-49-51-53-55-62(67)73-60(59-72-64(63(68)69)70-57-56-65(3,4)5)58-71-61(66)54-52-50-48-46-44-42-40-38-36-34-27-25-23-21-19-17-15-13-11-9-7-2/h8-11,14-17,20-23,26-28,30-31,33-35,60,64H,6-7,12-13,18-19,24-25,29,32,36-59H2,1-5H3/p+1/b10-8-,11-9-,16-14-,17-15-,22-20-,23-21-,28-26-,31-30-,34-27-,35-33-. The van der Waals surface area contributed by atoms with Crippen molar-refractivity contribution in [1.29, 1.82) is 0 Å². The number of carboxylic acids is 1. The average molecular weight is 1020 g/mol. The Morgan fingerprint density at radius 2 is 0.740 bits per heavy atom. The van der Waals surface area contributed by atoms with E-state index in [4.69, 9.17) is 18.9 Å². The molecule has 0 aromatic heterocycles. The van der Waals surface area contributed by atoms with E-state index in [1.54, 1.807) is 0 Å². The summed E-state index contributed by atoms with van der Waals surface area (Å²) in [7, 11) is 5.95. The number of ether oxygens (including phenoxy) is 4. The van der Waals surface area contributed by atoms with Crippen LogP contribution in [0.5, 0.6) is 0 Å². The maximum Gasteiger partial charge on any atom is 0.361 e. The number of likely N-dealkylation sites (N-methyl/N-ethyl adjacent to an activating group) is 1. The third kappa shape index (κ3) is 55.3. The Morgan fingerprint density at radius 3 is 1.10 bits per heavy atom. The fourth-order valence-electron chi connectivity index (χ4n) is 7.36. The lowest BCUT2D eigenvalue weighted by Gasteiger charge is -2.25. The van der Waals surface area contributed by atoms with Gasteiger partial charge in [0.15, 0.2) is 6.10 Å². The summed E-state index contributed by atoms with van der Waals surface area (Å²) in [4.78, 5) is 37.4. The molecule has 0 saturated heterocycles. The van der Waals surface area contributed by atoms with Crippen molar-refractivity contribution in [2.45, 2.75) is 219 Å². The molecule has 0 aliphatic carbocycles. The molecule has 1 N–H and O–H groups in total. The summed E-state index contributed by atoms with van der Waals surface area (Å²) in [5.41, 5.74) is 0. The van der Waals surface area contributed by atoms with Crippen molar-refractivity contribution in [1.82, 2.24) is 0 Å². The van der Waals surface area contributed by atoms with E-state index in [0.717, 1.165) is 122 Å². The highest BCUT2D eigenvalue weighted by atomic mass is 16.7. The van der Waals surface area contributed by atoms with Crippen LogP contribution in [0.2, 0.25) is 0 Å². The third-order valence-corrected chi connectivity index (χ3v) is 11.7. The van der Waals surface area contributed by atoms with Crippen LogP contribution in [0.25, 0.3) is 0 Å². The van der Waals surface area contributed by atoms with E-state index in [-0.39, 0.29) is 38.6 Å². The molecule has 0 radical (unpaired) electrons. The fraction of sp³-hybridized carbons (Fsp3) is 0.641. The summed E-state index contributed by atoms with van der Waals surface area (Å²) in [5, 5.41) is 9.70. The molecule has 0 bridgehead atoms. The number of quaternary nitrogens is 1. The lowest BCUT2D eigenvalue weighted by molar-refractivity contribution is -0.870. The third-order valence-electron chi connectivity index (χ3n) is 11.7. The number of hydrogen-bond donors (Lipinski definition) is 1. The summed E-state index contributed by atoms with van der Waals surface area (Å²) in [5.74, 6) is -2.04. The molecule has 0 amide bonds. The van der Waals surface area contributed by atoms with Gasteiger partial charge in [-0.15, -0.1) is 0 Å². The van der Waals surface area contributed by atoms with E-state index in [2.05, 4.69) is 135 Å². The number of carbonyl (C=O) groups is 3. The first-order valence-electron chi connectivity index (χ1n) is 28.7. The number of allylic oxidation sites excluding steroid dienone is 20. The molecule has 0 fully saturated rings. The van der Waals surface area contributed by atoms with Crippen LogP contribution in [0.3, 0.4) is 0 Å². The molecule has 0 heterocycles. The maximum absolute atomic E-state index is 12.9. The van der Waals surface area contributed by atoms with Gasteiger partial charge in [0, 0.05) is 12.8 Å². The van der Waals surface area contributed by atoms with Crippen LogP contribution in [-0.4, -0.2) is 87.4 Å². The van der Waals surface area contributed by atoms with Crippen molar-refractivity contribution in [3.8, 4) is 0 Å². The maximum atomic E-state index is 12.9. The van der Waals surface area contributed by atoms with Gasteiger partial charge >= 0.3 is 17.9 Å². The Kier molecular flexibility index (Phi) is 50.8. The first-order valence-corrected chi connectivity index (χ1v) is 28.7. The van der Waals surface area contributed by atoms with Gasteiger partial charge in [0.1, 0.15) is 13.2 Å². The highest BCUT2D eigenvalue weighted by Crippen LogP contribution is 2.14. The number of unbranched alkanes of at least 4 members (excludes halogenated alkanes) is 16. The molecular formula is C64H106NO8+. The van der Waals surface area contributed by atoms with Gasteiger partial charge in [0.25, 0.3) is 6.29 Å². The van der Waals surface area contributed by atoms with Gasteiger partial charge in [0.2, 0.25) is 0 Å². The molecule has 414 valence electrons. The summed E-state index contributed by atoms with van der Waals surface area (Å²) < 4.78 is 22.9. The molecule has 73 heavy (non-hydrogen) atoms. The van der Waals surface area contributed by atoms with E-state index in [1.165, 1.54) is 51.4 Å². The largest absolute Gasteiger partial charge is 0.477 e. The molecule has 0 saturated carbocycles. The van der Waals surface area contributed by atoms with Crippen LogP contribution < -0.4 is 0 Å². The molecule has 0 rings (SSSR count). The zero-order chi connectivity index (χ0) is 53.4. The molecule has 0 aliphatic heterocycles. The van der Waals surface area contributed by atoms with Gasteiger partial charge in [-0.1, -0.05) is 212 Å². The van der Waals surface area contributed by atoms with Crippen molar-refractivity contribution in [2.24, 2.45) is 0 Å². The van der Waals surface area contributed by atoms with Crippen molar-refractivity contribution < 1.29 is 42.9 Å². The molecule has 0 aromatic rings. The highest BCUT2D eigenvalue weighted by Gasteiger charge is 2.25. The summed E-state index contributed by atoms with van der Waals surface area (Å²) in [6, 6.07) is 0. The quantitative estimate of drug-likeness (QED) is 0.0211. The molecule has 2 atom stereocenters. The van der Waals surface area contributed by atoms with Gasteiger partial charge in [-0.3, -0.25) is 9.59 Å². The predicted octanol–water partition coefficient (Wildman–Crippen LogP) is 16.9. The summed E-state index contributed by atoms with van der Waals surface area (Å²) >= 11 is 0. The van der Waals surface area contributed by atoms with Crippen LogP contribution in [0, 0.1) is 0 Å². The van der Waals surface area contributed by atoms with Gasteiger partial charge in [-0.2, -0.15) is 0 Å². The Balaban J connectivity index is 4.32. The number of esters is 2. The van der Waals surface area contributed by atoms with Gasteiger partial charge in [-0.05, 0) is 103 Å². The Morgan fingerprint density at radius 1 is 0.411 bits per heavy atom. The second kappa shape index (κ2) is 54.0. The second-order valence-corrected chi connectivity index (χ2v) is 19.8. The van der Waals surface area contributed by atoms with Crippen LogP contribution in [0.4, 0.5) is 0 Å². The SMILES string of the molecule is CC/C=C\C/C=C\C/C=C\C/C=C\C/C=C\C/C=C\CCCCCCCCCCC(=O)OC(COC(=O)CCCCCCCCCC/C=C\C/C=C\C/C=C\C/C=C\CC)COC(OCC[N+](C)(C)C)C(=O)O. The Hall–Kier alpha value is -4.31. The molecule has 0 aromatic carbocycles. The van der Waals surface area contributed by atoms with Crippen molar-refractivity contribution >= 4 is 17.9 Å². The first kappa shape index (κ1) is 68.7. The van der Waals surface area contributed by atoms with Crippen LogP contribution >= 0.6 is 0 Å². The number of carbonyl (C=O) groups excluding carboxylic acids is 2. The van der Waals surface area contributed by atoms with Crippen LogP contribution in [0.1, 0.15) is 206 Å². The summed E-state index contributed by atoms with van der Waals surface area (Å²) in [6.07, 6.45) is 72.6. The highest BCUT2D eigenvalue weighted by molar-refractivity contribution is 5.71. The average Bonchev–Trinajstić information content (AvgIpc) is 3.36. The normalized spacial score (nSPS) is 13.7. The van der Waals surface area contributed by atoms with Gasteiger partial charge in [0.05, 0.1) is 34.4 Å². The van der Waals surface area contributed by atoms with E-state index in [0.29, 0.717) is 17.4 Å².